The highest BCUT2D eigenvalue weighted by Gasteiger charge is 2.67. The van der Waals surface area contributed by atoms with E-state index in [2.05, 4.69) is 63.2 Å². The fourth-order valence-electron chi connectivity index (χ4n) is 7.25. The standard InChI is InChI=1S/C32H31BrClFN4O/c1-3-5-18-10-13-24-26(14-18)37-30(36-24)27-17(2)39(16-19-8-9-19)32(28(27)21-6-4-7-23(33)29(21)35)22-12-11-20(34)15-25(22)38-31(32)40/h4,6-7,10-15,17,19,27-28H,3,5,8-9,16H2,1-2H3,(H,36,37)(H,38,40)/t17-,27+,28-,32+/m0/s1. The second-order valence-electron chi connectivity index (χ2n) is 11.6. The number of anilines is 1. The molecule has 1 aliphatic carbocycles. The van der Waals surface area contributed by atoms with Gasteiger partial charge in [-0.05, 0) is 89.5 Å². The number of H-pyrrole nitrogens is 1. The van der Waals surface area contributed by atoms with Gasteiger partial charge in [0, 0.05) is 40.7 Å². The molecule has 0 radical (unpaired) electrons. The predicted molar refractivity (Wildman–Crippen MR) is 160 cm³/mol. The minimum absolute atomic E-state index is 0.0907. The van der Waals surface area contributed by atoms with Crippen LogP contribution in [-0.2, 0) is 16.8 Å². The van der Waals surface area contributed by atoms with Crippen molar-refractivity contribution in [3.63, 3.8) is 0 Å². The lowest BCUT2D eigenvalue weighted by molar-refractivity contribution is -0.127. The molecular weight excluding hydrogens is 591 g/mol. The summed E-state index contributed by atoms with van der Waals surface area (Å²) in [6.45, 7) is 5.10. The average Bonchev–Trinajstić information content (AvgIpc) is 3.51. The molecule has 4 aromatic rings. The van der Waals surface area contributed by atoms with Crippen LogP contribution in [0, 0.1) is 11.7 Å². The first kappa shape index (κ1) is 26.2. The number of fused-ring (bicyclic) bond motifs is 3. The lowest BCUT2D eigenvalue weighted by atomic mass is 9.71. The Bertz CT molecular complexity index is 1650. The van der Waals surface area contributed by atoms with Crippen LogP contribution in [0.25, 0.3) is 11.0 Å². The smallest absolute Gasteiger partial charge is 0.250 e. The van der Waals surface area contributed by atoms with E-state index in [4.69, 9.17) is 16.6 Å². The van der Waals surface area contributed by atoms with Gasteiger partial charge in [-0.25, -0.2) is 9.37 Å². The van der Waals surface area contributed by atoms with Crippen LogP contribution in [0.2, 0.25) is 5.02 Å². The molecule has 206 valence electrons. The van der Waals surface area contributed by atoms with E-state index in [1.54, 1.807) is 6.07 Å². The van der Waals surface area contributed by atoms with E-state index in [-0.39, 0.29) is 23.7 Å². The van der Waals surface area contributed by atoms with E-state index >= 15 is 4.39 Å². The first-order valence-corrected chi connectivity index (χ1v) is 15.3. The molecule has 4 atom stereocenters. The van der Waals surface area contributed by atoms with Gasteiger partial charge in [-0.1, -0.05) is 49.2 Å². The van der Waals surface area contributed by atoms with Gasteiger partial charge in [0.25, 0.3) is 0 Å². The normalized spacial score (nSPS) is 26.1. The summed E-state index contributed by atoms with van der Waals surface area (Å²) in [5, 5.41) is 3.69. The first-order valence-electron chi connectivity index (χ1n) is 14.1. The number of hydrogen-bond acceptors (Lipinski definition) is 3. The maximum Gasteiger partial charge on any atom is 0.250 e. The number of aromatic nitrogens is 2. The van der Waals surface area contributed by atoms with Gasteiger partial charge in [0.05, 0.1) is 15.5 Å². The summed E-state index contributed by atoms with van der Waals surface area (Å²) in [5.41, 5.74) is 4.05. The number of aryl methyl sites for hydroxylation is 1. The van der Waals surface area contributed by atoms with Crippen LogP contribution in [0.3, 0.4) is 0 Å². The molecule has 0 unspecified atom stereocenters. The molecule has 1 saturated heterocycles. The summed E-state index contributed by atoms with van der Waals surface area (Å²) in [6.07, 6.45) is 4.33. The quantitative estimate of drug-likeness (QED) is 0.230. The molecule has 0 bridgehead atoms. The van der Waals surface area contributed by atoms with Gasteiger partial charge in [-0.3, -0.25) is 9.69 Å². The monoisotopic (exact) mass is 620 g/mol. The number of benzene rings is 3. The van der Waals surface area contributed by atoms with Gasteiger partial charge in [0.2, 0.25) is 5.91 Å². The van der Waals surface area contributed by atoms with Crippen LogP contribution < -0.4 is 5.32 Å². The third-order valence-electron chi connectivity index (χ3n) is 9.15. The highest BCUT2D eigenvalue weighted by atomic mass is 79.9. The van der Waals surface area contributed by atoms with Crippen molar-refractivity contribution in [3.8, 4) is 0 Å². The molecule has 8 heteroatoms. The number of carbonyl (C=O) groups is 1. The third-order valence-corrected chi connectivity index (χ3v) is 10.00. The minimum atomic E-state index is -1.11. The minimum Gasteiger partial charge on any atom is -0.342 e. The second kappa shape index (κ2) is 9.68. The Morgan fingerprint density at radius 1 is 1.18 bits per heavy atom. The van der Waals surface area contributed by atoms with E-state index in [9.17, 15) is 4.79 Å². The van der Waals surface area contributed by atoms with Crippen LogP contribution in [0.15, 0.2) is 59.1 Å². The fraction of sp³-hybridized carbons (Fsp3) is 0.375. The number of imidazole rings is 1. The zero-order valence-electron chi connectivity index (χ0n) is 22.5. The van der Waals surface area contributed by atoms with Gasteiger partial charge >= 0.3 is 0 Å². The molecule has 3 aromatic carbocycles. The Balaban J connectivity index is 1.49. The number of rotatable bonds is 6. The van der Waals surface area contributed by atoms with Crippen LogP contribution in [0.5, 0.6) is 0 Å². The van der Waals surface area contributed by atoms with Gasteiger partial charge in [-0.2, -0.15) is 0 Å². The maximum absolute atomic E-state index is 16.2. The van der Waals surface area contributed by atoms with Crippen molar-refractivity contribution >= 4 is 50.2 Å². The van der Waals surface area contributed by atoms with Crippen molar-refractivity contribution < 1.29 is 9.18 Å². The number of nitrogens with zero attached hydrogens (tertiary/aromatic N) is 2. The van der Waals surface area contributed by atoms with Crippen LogP contribution >= 0.6 is 27.5 Å². The van der Waals surface area contributed by atoms with Crippen LogP contribution in [0.4, 0.5) is 10.1 Å². The summed E-state index contributed by atoms with van der Waals surface area (Å²) >= 11 is 9.81. The molecule has 2 fully saturated rings. The van der Waals surface area contributed by atoms with Crippen molar-refractivity contribution in [2.24, 2.45) is 5.92 Å². The highest BCUT2D eigenvalue weighted by molar-refractivity contribution is 9.10. The molecule has 3 heterocycles. The summed E-state index contributed by atoms with van der Waals surface area (Å²) in [6, 6.07) is 17.2. The van der Waals surface area contributed by atoms with Crippen molar-refractivity contribution in [2.75, 3.05) is 11.9 Å². The average molecular weight is 622 g/mol. The zero-order valence-corrected chi connectivity index (χ0v) is 24.8. The number of aromatic amines is 1. The molecule has 40 heavy (non-hydrogen) atoms. The molecule has 1 amide bonds. The topological polar surface area (TPSA) is 61.0 Å². The number of amides is 1. The molecule has 1 aromatic heterocycles. The number of nitrogens with one attached hydrogen (secondary N) is 2. The van der Waals surface area contributed by atoms with E-state index in [0.29, 0.717) is 26.7 Å². The van der Waals surface area contributed by atoms with Gasteiger partial charge in [0.15, 0.2) is 0 Å². The van der Waals surface area contributed by atoms with Crippen LogP contribution in [0.1, 0.15) is 67.5 Å². The van der Waals surface area contributed by atoms with Gasteiger partial charge in [-0.15, -0.1) is 0 Å². The number of halogens is 3. The summed E-state index contributed by atoms with van der Waals surface area (Å²) in [5.74, 6) is 0.0316. The third kappa shape index (κ3) is 3.88. The van der Waals surface area contributed by atoms with E-state index in [1.165, 1.54) is 5.56 Å². The summed E-state index contributed by atoms with van der Waals surface area (Å²) in [4.78, 5) is 25.5. The Morgan fingerprint density at radius 2 is 2.00 bits per heavy atom. The van der Waals surface area contributed by atoms with E-state index in [0.717, 1.165) is 54.6 Å². The van der Waals surface area contributed by atoms with Gasteiger partial charge < -0.3 is 10.3 Å². The van der Waals surface area contributed by atoms with Crippen molar-refractivity contribution in [1.29, 1.82) is 0 Å². The number of carbonyl (C=O) groups excluding carboxylic acids is 1. The summed E-state index contributed by atoms with van der Waals surface area (Å²) in [7, 11) is 0. The molecule has 3 aliphatic rings. The zero-order chi connectivity index (χ0) is 27.8. The highest BCUT2D eigenvalue weighted by Crippen LogP contribution is 2.63. The van der Waals surface area contributed by atoms with Crippen molar-refractivity contribution in [2.45, 2.75) is 62.9 Å². The van der Waals surface area contributed by atoms with E-state index in [1.807, 2.05) is 30.3 Å². The van der Waals surface area contributed by atoms with Crippen LogP contribution in [-0.4, -0.2) is 33.4 Å². The Kier molecular flexibility index (Phi) is 6.33. The largest absolute Gasteiger partial charge is 0.342 e. The van der Waals surface area contributed by atoms with Gasteiger partial charge in [0.1, 0.15) is 17.2 Å². The Hall–Kier alpha value is -2.74. The van der Waals surface area contributed by atoms with Crippen molar-refractivity contribution in [1.82, 2.24) is 14.9 Å². The predicted octanol–water partition coefficient (Wildman–Crippen LogP) is 7.90. The SMILES string of the molecule is CCCc1ccc2nc([C@@H]3[C@H](C)N(CC4CC4)[C@@]4(C(=O)Nc5cc(Cl)ccc54)[C@H]3c3cccc(Br)c3F)[nH]c2c1. The van der Waals surface area contributed by atoms with E-state index < -0.39 is 11.5 Å². The number of hydrogen-bond donors (Lipinski definition) is 2. The van der Waals surface area contributed by atoms with Crippen molar-refractivity contribution in [3.05, 3.63) is 92.4 Å². The second-order valence-corrected chi connectivity index (χ2v) is 12.9. The lowest BCUT2D eigenvalue weighted by Crippen LogP contribution is -2.52. The molecule has 2 N–H and O–H groups in total. The fourth-order valence-corrected chi connectivity index (χ4v) is 7.80. The molecule has 5 nitrogen and oxygen atoms in total. The lowest BCUT2D eigenvalue weighted by Gasteiger charge is -2.39. The molecule has 2 aliphatic heterocycles. The Labute approximate surface area is 246 Å². The molecule has 7 rings (SSSR count). The molecule has 1 spiro atoms. The number of likely N-dealkylation sites (tertiary alicyclic amines) is 1. The maximum atomic E-state index is 16.2. The molecule has 1 saturated carbocycles. The Morgan fingerprint density at radius 3 is 2.77 bits per heavy atom. The first-order chi connectivity index (χ1) is 19.3. The molecular formula is C32H31BrClFN4O. The summed E-state index contributed by atoms with van der Waals surface area (Å²) < 4.78 is 16.6.